The number of hydrogen-bond acceptors (Lipinski definition) is 5. The van der Waals surface area contributed by atoms with Crippen LogP contribution in [0.2, 0.25) is 0 Å². The topological polar surface area (TPSA) is 67.1 Å². The Hall–Kier alpha value is -0.880. The average molecular weight is 288 g/mol. The van der Waals surface area contributed by atoms with E-state index >= 15 is 0 Å². The van der Waals surface area contributed by atoms with Crippen molar-refractivity contribution in [2.75, 3.05) is 23.4 Å². The third kappa shape index (κ3) is 3.31. The number of halogens is 1. The second-order valence-electron chi connectivity index (χ2n) is 3.44. The minimum absolute atomic E-state index is 0.438. The van der Waals surface area contributed by atoms with Crippen LogP contribution in [-0.2, 0) is 0 Å². The third-order valence-corrected chi connectivity index (χ3v) is 2.88. The quantitative estimate of drug-likeness (QED) is 0.620. The lowest BCUT2D eigenvalue weighted by molar-refractivity contribution is 0.721. The molecule has 16 heavy (non-hydrogen) atoms. The molecule has 1 rings (SSSR count). The van der Waals surface area contributed by atoms with E-state index in [1.54, 1.807) is 6.20 Å². The molecule has 0 atom stereocenters. The first-order valence-electron chi connectivity index (χ1n) is 5.47. The molecule has 90 valence electrons. The van der Waals surface area contributed by atoms with Crippen molar-refractivity contribution in [3.63, 3.8) is 0 Å². The van der Waals surface area contributed by atoms with E-state index in [-0.39, 0.29) is 0 Å². The van der Waals surface area contributed by atoms with Crippen LogP contribution in [0.25, 0.3) is 0 Å². The van der Waals surface area contributed by atoms with Crippen molar-refractivity contribution in [2.24, 2.45) is 5.84 Å². The summed E-state index contributed by atoms with van der Waals surface area (Å²) in [4.78, 5) is 10.6. The summed E-state index contributed by atoms with van der Waals surface area (Å²) in [5, 5.41) is 0. The standard InChI is InChI=1S/C10H18BrN5/c1-3-5-6-16(4-2)9-8(11)7-13-10(14-9)15-12/h7H,3-6,12H2,1-2H3,(H,13,14,15). The van der Waals surface area contributed by atoms with Gasteiger partial charge in [0.1, 0.15) is 5.82 Å². The molecular formula is C10H18BrN5. The first kappa shape index (κ1) is 13.2. The molecule has 0 aliphatic heterocycles. The van der Waals surface area contributed by atoms with Gasteiger partial charge in [-0.1, -0.05) is 13.3 Å². The van der Waals surface area contributed by atoms with Gasteiger partial charge in [0.05, 0.1) is 4.47 Å². The van der Waals surface area contributed by atoms with Crippen LogP contribution >= 0.6 is 15.9 Å². The first-order chi connectivity index (χ1) is 7.72. The van der Waals surface area contributed by atoms with Gasteiger partial charge in [-0.2, -0.15) is 4.98 Å². The molecule has 3 N–H and O–H groups in total. The Balaban J connectivity index is 2.89. The Morgan fingerprint density at radius 3 is 2.81 bits per heavy atom. The maximum atomic E-state index is 5.30. The molecule has 0 aliphatic carbocycles. The summed E-state index contributed by atoms with van der Waals surface area (Å²) in [7, 11) is 0. The fourth-order valence-electron chi connectivity index (χ4n) is 1.41. The van der Waals surface area contributed by atoms with Gasteiger partial charge in [0, 0.05) is 19.3 Å². The molecule has 1 aromatic heterocycles. The summed E-state index contributed by atoms with van der Waals surface area (Å²) in [6.45, 7) is 6.20. The fraction of sp³-hybridized carbons (Fsp3) is 0.600. The Bertz CT molecular complexity index is 331. The minimum Gasteiger partial charge on any atom is -0.356 e. The summed E-state index contributed by atoms with van der Waals surface area (Å²) < 4.78 is 0.893. The molecule has 6 heteroatoms. The monoisotopic (exact) mass is 287 g/mol. The average Bonchev–Trinajstić information content (AvgIpc) is 2.32. The van der Waals surface area contributed by atoms with Crippen LogP contribution < -0.4 is 16.2 Å². The highest BCUT2D eigenvalue weighted by molar-refractivity contribution is 9.10. The lowest BCUT2D eigenvalue weighted by atomic mass is 10.3. The van der Waals surface area contributed by atoms with E-state index in [1.807, 2.05) is 0 Å². The van der Waals surface area contributed by atoms with E-state index in [0.29, 0.717) is 5.95 Å². The number of nitrogens with one attached hydrogen (secondary N) is 1. The van der Waals surface area contributed by atoms with Gasteiger partial charge in [0.2, 0.25) is 5.95 Å². The second-order valence-corrected chi connectivity index (χ2v) is 4.30. The smallest absolute Gasteiger partial charge is 0.239 e. The number of aromatic nitrogens is 2. The highest BCUT2D eigenvalue weighted by Crippen LogP contribution is 2.24. The molecule has 5 nitrogen and oxygen atoms in total. The summed E-state index contributed by atoms with van der Waals surface area (Å²) in [6.07, 6.45) is 4.03. The maximum absolute atomic E-state index is 5.30. The van der Waals surface area contributed by atoms with Gasteiger partial charge >= 0.3 is 0 Å². The Morgan fingerprint density at radius 2 is 2.25 bits per heavy atom. The zero-order chi connectivity index (χ0) is 12.0. The second kappa shape index (κ2) is 6.65. The van der Waals surface area contributed by atoms with Crippen molar-refractivity contribution >= 4 is 27.7 Å². The number of nitrogen functional groups attached to an aromatic ring is 1. The molecule has 0 aliphatic rings. The number of rotatable bonds is 6. The van der Waals surface area contributed by atoms with Gasteiger partial charge in [-0.05, 0) is 29.3 Å². The summed E-state index contributed by atoms with van der Waals surface area (Å²) >= 11 is 3.46. The summed E-state index contributed by atoms with van der Waals surface area (Å²) in [6, 6.07) is 0. The molecule has 0 aromatic carbocycles. The zero-order valence-corrected chi connectivity index (χ0v) is 11.3. The van der Waals surface area contributed by atoms with Gasteiger partial charge in [-0.25, -0.2) is 10.8 Å². The van der Waals surface area contributed by atoms with Crippen LogP contribution in [0.15, 0.2) is 10.7 Å². The van der Waals surface area contributed by atoms with Crippen LogP contribution in [0.1, 0.15) is 26.7 Å². The van der Waals surface area contributed by atoms with Crippen LogP contribution in [-0.4, -0.2) is 23.1 Å². The molecule has 0 spiro atoms. The van der Waals surface area contributed by atoms with Crippen molar-refractivity contribution in [2.45, 2.75) is 26.7 Å². The highest BCUT2D eigenvalue weighted by Gasteiger charge is 2.11. The Kier molecular flexibility index (Phi) is 5.48. The summed E-state index contributed by atoms with van der Waals surface area (Å²) in [5.41, 5.74) is 2.46. The van der Waals surface area contributed by atoms with Gasteiger partial charge in [0.25, 0.3) is 0 Å². The molecule has 0 saturated heterocycles. The molecule has 0 bridgehead atoms. The van der Waals surface area contributed by atoms with E-state index in [9.17, 15) is 0 Å². The molecule has 0 amide bonds. The molecule has 0 unspecified atom stereocenters. The molecule has 0 radical (unpaired) electrons. The first-order valence-corrected chi connectivity index (χ1v) is 6.26. The van der Waals surface area contributed by atoms with E-state index in [1.165, 1.54) is 6.42 Å². The Labute approximate surface area is 105 Å². The largest absolute Gasteiger partial charge is 0.356 e. The SMILES string of the molecule is CCCCN(CC)c1nc(NN)ncc1Br. The summed E-state index contributed by atoms with van der Waals surface area (Å²) in [5.74, 6) is 6.63. The number of unbranched alkanes of at least 4 members (excludes halogenated alkanes) is 1. The molecule has 0 saturated carbocycles. The third-order valence-electron chi connectivity index (χ3n) is 2.32. The van der Waals surface area contributed by atoms with Gasteiger partial charge < -0.3 is 4.90 Å². The van der Waals surface area contributed by atoms with Gasteiger partial charge in [-0.15, -0.1) is 0 Å². The van der Waals surface area contributed by atoms with Crippen molar-refractivity contribution in [1.82, 2.24) is 9.97 Å². The highest BCUT2D eigenvalue weighted by atomic mass is 79.9. The normalized spacial score (nSPS) is 10.2. The van der Waals surface area contributed by atoms with Crippen LogP contribution in [0.5, 0.6) is 0 Å². The minimum atomic E-state index is 0.438. The lowest BCUT2D eigenvalue weighted by Crippen LogP contribution is -2.26. The Morgan fingerprint density at radius 1 is 1.50 bits per heavy atom. The van der Waals surface area contributed by atoms with Crippen LogP contribution in [0.4, 0.5) is 11.8 Å². The predicted octanol–water partition coefficient (Wildman–Crippen LogP) is 2.15. The van der Waals surface area contributed by atoms with Crippen molar-refractivity contribution in [1.29, 1.82) is 0 Å². The van der Waals surface area contributed by atoms with Crippen molar-refractivity contribution in [3.05, 3.63) is 10.7 Å². The molecule has 0 fully saturated rings. The maximum Gasteiger partial charge on any atom is 0.239 e. The number of hydrogen-bond donors (Lipinski definition) is 2. The lowest BCUT2D eigenvalue weighted by Gasteiger charge is -2.22. The van der Waals surface area contributed by atoms with E-state index in [4.69, 9.17) is 5.84 Å². The number of anilines is 2. The number of nitrogens with zero attached hydrogens (tertiary/aromatic N) is 3. The number of hydrazine groups is 1. The van der Waals surface area contributed by atoms with E-state index in [0.717, 1.165) is 29.8 Å². The van der Waals surface area contributed by atoms with Crippen LogP contribution in [0, 0.1) is 0 Å². The van der Waals surface area contributed by atoms with Crippen LogP contribution in [0.3, 0.4) is 0 Å². The van der Waals surface area contributed by atoms with Crippen molar-refractivity contribution in [3.8, 4) is 0 Å². The predicted molar refractivity (Wildman–Crippen MR) is 70.3 cm³/mol. The van der Waals surface area contributed by atoms with Gasteiger partial charge in [-0.3, -0.25) is 5.43 Å². The van der Waals surface area contributed by atoms with Crippen molar-refractivity contribution < 1.29 is 0 Å². The molecule has 1 aromatic rings. The zero-order valence-electron chi connectivity index (χ0n) is 9.70. The molecule has 1 heterocycles. The van der Waals surface area contributed by atoms with E-state index < -0.39 is 0 Å². The fourth-order valence-corrected chi connectivity index (χ4v) is 1.85. The van der Waals surface area contributed by atoms with E-state index in [2.05, 4.69) is 50.1 Å². The molecular weight excluding hydrogens is 270 g/mol. The number of nitrogens with two attached hydrogens (primary N) is 1. The van der Waals surface area contributed by atoms with Gasteiger partial charge in [0.15, 0.2) is 0 Å².